The molecule has 1 rings (SSSR count). The van der Waals surface area contributed by atoms with Gasteiger partial charge in [-0.2, -0.15) is 0 Å². The summed E-state index contributed by atoms with van der Waals surface area (Å²) in [5, 5.41) is 0. The maximum atomic E-state index is 14.2. The second-order valence-corrected chi connectivity index (χ2v) is 7.76. The highest BCUT2D eigenvalue weighted by Crippen LogP contribution is 2.32. The number of hydrogen-bond acceptors (Lipinski definition) is 5. The molecule has 24 heavy (non-hydrogen) atoms. The molecule has 0 aliphatic rings. The largest absolute Gasteiger partial charge is 0.493 e. The summed E-state index contributed by atoms with van der Waals surface area (Å²) in [6, 6.07) is 2.08. The van der Waals surface area contributed by atoms with E-state index in [1.807, 2.05) is 13.8 Å². The Morgan fingerprint density at radius 2 is 1.75 bits per heavy atom. The third-order valence-corrected chi connectivity index (χ3v) is 5.07. The van der Waals surface area contributed by atoms with Crippen LogP contribution >= 0.6 is 12.4 Å². The molecule has 3 N–H and O–H groups in total. The van der Waals surface area contributed by atoms with Crippen molar-refractivity contribution in [1.29, 1.82) is 0 Å². The van der Waals surface area contributed by atoms with Gasteiger partial charge in [0.1, 0.15) is 10.7 Å². The van der Waals surface area contributed by atoms with Crippen molar-refractivity contribution in [2.45, 2.75) is 37.6 Å². The fourth-order valence-electron chi connectivity index (χ4n) is 2.49. The number of sulfonamides is 1. The molecule has 0 amide bonds. The van der Waals surface area contributed by atoms with Crippen molar-refractivity contribution < 1.29 is 22.3 Å². The van der Waals surface area contributed by atoms with E-state index < -0.39 is 26.3 Å². The fourth-order valence-corrected chi connectivity index (χ4v) is 3.99. The first-order valence-electron chi connectivity index (χ1n) is 7.24. The second-order valence-electron chi connectivity index (χ2n) is 6.11. The molecule has 1 unspecified atom stereocenters. The molecule has 140 valence electrons. The average Bonchev–Trinajstić information content (AvgIpc) is 2.45. The smallest absolute Gasteiger partial charge is 0.244 e. The molecule has 0 spiro atoms. The molecule has 0 aliphatic carbocycles. The van der Waals surface area contributed by atoms with Crippen LogP contribution < -0.4 is 19.9 Å². The Hall–Kier alpha value is -1.09. The van der Waals surface area contributed by atoms with E-state index in [1.165, 1.54) is 14.2 Å². The summed E-state index contributed by atoms with van der Waals surface area (Å²) < 4.78 is 51.9. The Morgan fingerprint density at radius 3 is 2.17 bits per heavy atom. The van der Waals surface area contributed by atoms with Crippen LogP contribution in [0.2, 0.25) is 0 Å². The van der Waals surface area contributed by atoms with Gasteiger partial charge in [-0.3, -0.25) is 0 Å². The highest BCUT2D eigenvalue weighted by Gasteiger charge is 2.32. The van der Waals surface area contributed by atoms with Crippen molar-refractivity contribution in [3.05, 3.63) is 17.9 Å². The third kappa shape index (κ3) is 5.47. The maximum Gasteiger partial charge on any atom is 0.244 e. The first-order chi connectivity index (χ1) is 10.6. The average molecular weight is 385 g/mol. The van der Waals surface area contributed by atoms with Crippen molar-refractivity contribution in [1.82, 2.24) is 4.72 Å². The number of nitrogens with one attached hydrogen (secondary N) is 1. The van der Waals surface area contributed by atoms with Crippen LogP contribution in [0.5, 0.6) is 11.5 Å². The fraction of sp³-hybridized carbons (Fsp3) is 0.600. The van der Waals surface area contributed by atoms with Gasteiger partial charge in [0.25, 0.3) is 0 Å². The molecule has 0 radical (unpaired) electrons. The van der Waals surface area contributed by atoms with Gasteiger partial charge in [0, 0.05) is 24.2 Å². The van der Waals surface area contributed by atoms with Crippen LogP contribution in [0.25, 0.3) is 0 Å². The van der Waals surface area contributed by atoms with E-state index in [-0.39, 0.29) is 36.4 Å². The highest BCUT2D eigenvalue weighted by atomic mass is 35.5. The van der Waals surface area contributed by atoms with E-state index in [1.54, 1.807) is 6.92 Å². The van der Waals surface area contributed by atoms with E-state index >= 15 is 0 Å². The zero-order valence-electron chi connectivity index (χ0n) is 14.6. The number of hydrogen-bond donors (Lipinski definition) is 2. The van der Waals surface area contributed by atoms with Gasteiger partial charge in [-0.25, -0.2) is 17.5 Å². The van der Waals surface area contributed by atoms with Crippen molar-refractivity contribution in [2.75, 3.05) is 20.8 Å². The number of nitrogens with two attached hydrogens (primary N) is 1. The first-order valence-corrected chi connectivity index (χ1v) is 8.72. The molecular weight excluding hydrogens is 359 g/mol. The Kier molecular flexibility index (Phi) is 8.44. The van der Waals surface area contributed by atoms with Gasteiger partial charge in [-0.05, 0) is 19.3 Å². The van der Waals surface area contributed by atoms with Crippen LogP contribution in [-0.4, -0.2) is 34.7 Å². The summed E-state index contributed by atoms with van der Waals surface area (Å²) in [6.45, 7) is 5.71. The number of rotatable bonds is 8. The zero-order chi connectivity index (χ0) is 17.8. The Balaban J connectivity index is 0.00000529. The number of benzene rings is 1. The lowest BCUT2D eigenvalue weighted by Crippen LogP contribution is -2.52. The Bertz CT molecular complexity index is 655. The van der Waals surface area contributed by atoms with Gasteiger partial charge in [-0.15, -0.1) is 12.4 Å². The molecule has 6 nitrogen and oxygen atoms in total. The van der Waals surface area contributed by atoms with Crippen LogP contribution in [-0.2, 0) is 10.0 Å². The van der Waals surface area contributed by atoms with E-state index in [2.05, 4.69) is 4.72 Å². The number of halogens is 2. The molecule has 0 saturated heterocycles. The molecule has 1 aromatic carbocycles. The highest BCUT2D eigenvalue weighted by molar-refractivity contribution is 7.89. The lowest BCUT2D eigenvalue weighted by atomic mass is 9.92. The summed E-state index contributed by atoms with van der Waals surface area (Å²) >= 11 is 0. The lowest BCUT2D eigenvalue weighted by Gasteiger charge is -2.30. The molecule has 0 heterocycles. The van der Waals surface area contributed by atoms with Crippen molar-refractivity contribution in [2.24, 2.45) is 11.7 Å². The Morgan fingerprint density at radius 1 is 1.25 bits per heavy atom. The SMILES string of the molecule is COc1cc(F)c(S(=O)(=O)NC(C)(CN)CC(C)C)cc1OC.Cl. The lowest BCUT2D eigenvalue weighted by molar-refractivity contribution is 0.342. The van der Waals surface area contributed by atoms with Crippen LogP contribution in [0.15, 0.2) is 17.0 Å². The monoisotopic (exact) mass is 384 g/mol. The number of ether oxygens (including phenoxy) is 2. The number of methoxy groups -OCH3 is 2. The second kappa shape index (κ2) is 8.84. The summed E-state index contributed by atoms with van der Waals surface area (Å²) in [7, 11) is -1.41. The van der Waals surface area contributed by atoms with E-state index in [4.69, 9.17) is 15.2 Å². The molecule has 0 saturated carbocycles. The quantitative estimate of drug-likeness (QED) is 0.717. The van der Waals surface area contributed by atoms with Gasteiger partial charge in [0.2, 0.25) is 10.0 Å². The van der Waals surface area contributed by atoms with Crippen molar-refractivity contribution >= 4 is 22.4 Å². The maximum absolute atomic E-state index is 14.2. The zero-order valence-corrected chi connectivity index (χ0v) is 16.2. The minimum atomic E-state index is -4.10. The third-order valence-electron chi connectivity index (χ3n) is 3.42. The van der Waals surface area contributed by atoms with Gasteiger partial charge in [0.15, 0.2) is 11.5 Å². The first kappa shape index (κ1) is 22.9. The van der Waals surface area contributed by atoms with E-state index in [9.17, 15) is 12.8 Å². The van der Waals surface area contributed by atoms with Gasteiger partial charge >= 0.3 is 0 Å². The van der Waals surface area contributed by atoms with Gasteiger partial charge in [-0.1, -0.05) is 13.8 Å². The molecule has 9 heteroatoms. The molecule has 0 aromatic heterocycles. The molecular formula is C15H26ClFN2O4S. The van der Waals surface area contributed by atoms with Gasteiger partial charge in [0.05, 0.1) is 14.2 Å². The van der Waals surface area contributed by atoms with Crippen LogP contribution in [0.3, 0.4) is 0 Å². The van der Waals surface area contributed by atoms with Crippen LogP contribution in [0.4, 0.5) is 4.39 Å². The van der Waals surface area contributed by atoms with Crippen molar-refractivity contribution in [3.63, 3.8) is 0 Å². The summed E-state index contributed by atoms with van der Waals surface area (Å²) in [5.41, 5.74) is 4.85. The predicted molar refractivity (Wildman–Crippen MR) is 94.0 cm³/mol. The predicted octanol–water partition coefficient (Wildman–Crippen LogP) is 2.31. The molecule has 0 bridgehead atoms. The van der Waals surface area contributed by atoms with Gasteiger partial charge < -0.3 is 15.2 Å². The Labute approximate surface area is 149 Å². The summed E-state index contributed by atoms with van der Waals surface area (Å²) in [6.07, 6.45) is 0.525. The standard InChI is InChI=1S/C15H25FN2O4S.ClH/c1-10(2)8-15(3,9-17)18-23(19,20)14-7-13(22-5)12(21-4)6-11(14)16;/h6-7,10,18H,8-9,17H2,1-5H3;1H. The summed E-state index contributed by atoms with van der Waals surface area (Å²) in [5.74, 6) is -0.444. The molecule has 1 aromatic rings. The minimum Gasteiger partial charge on any atom is -0.493 e. The topological polar surface area (TPSA) is 90.7 Å². The van der Waals surface area contributed by atoms with E-state index in [0.29, 0.717) is 6.42 Å². The summed E-state index contributed by atoms with van der Waals surface area (Å²) in [4.78, 5) is -0.501. The normalized spacial score (nSPS) is 14.0. The van der Waals surface area contributed by atoms with Crippen molar-refractivity contribution in [3.8, 4) is 11.5 Å². The van der Waals surface area contributed by atoms with Crippen LogP contribution in [0, 0.1) is 11.7 Å². The molecule has 0 fully saturated rings. The van der Waals surface area contributed by atoms with E-state index in [0.717, 1.165) is 12.1 Å². The van der Waals surface area contributed by atoms with Crippen LogP contribution in [0.1, 0.15) is 27.2 Å². The minimum absolute atomic E-state index is 0. The molecule has 1 atom stereocenters. The molecule has 0 aliphatic heterocycles.